The summed E-state index contributed by atoms with van der Waals surface area (Å²) in [5.74, 6) is -2.46. The highest BCUT2D eigenvalue weighted by Gasteiger charge is 2.47. The lowest BCUT2D eigenvalue weighted by Gasteiger charge is -2.14. The first-order chi connectivity index (χ1) is 11.0. The summed E-state index contributed by atoms with van der Waals surface area (Å²) in [6.07, 6.45) is 4.82. The van der Waals surface area contributed by atoms with Gasteiger partial charge in [-0.15, -0.1) is 0 Å². The number of ether oxygens (including phenoxy) is 1. The van der Waals surface area contributed by atoms with Gasteiger partial charge in [-0.3, -0.25) is 19.3 Å². The Morgan fingerprint density at radius 1 is 1.22 bits per heavy atom. The molecule has 2 atom stereocenters. The van der Waals surface area contributed by atoms with Crippen LogP contribution in [0.1, 0.15) is 23.2 Å². The first-order valence-electron chi connectivity index (χ1n) is 7.40. The molecule has 1 aromatic carbocycles. The minimum atomic E-state index is -0.657. The van der Waals surface area contributed by atoms with E-state index < -0.39 is 11.6 Å². The Morgan fingerprint density at radius 3 is 2.35 bits per heavy atom. The van der Waals surface area contributed by atoms with Crippen LogP contribution in [0.15, 0.2) is 30.4 Å². The molecule has 0 aromatic heterocycles. The van der Waals surface area contributed by atoms with Crippen molar-refractivity contribution in [2.45, 2.75) is 12.8 Å². The summed E-state index contributed by atoms with van der Waals surface area (Å²) in [6.45, 7) is -0.351. The van der Waals surface area contributed by atoms with Gasteiger partial charge >= 0.3 is 0 Å². The minimum absolute atomic E-state index is 0.0342. The second-order valence-electron chi connectivity index (χ2n) is 5.69. The number of likely N-dealkylation sites (tertiary alicyclic amines) is 1. The molecule has 3 rings (SSSR count). The molecule has 0 N–H and O–H groups in total. The van der Waals surface area contributed by atoms with Crippen LogP contribution in [0.25, 0.3) is 0 Å². The molecule has 0 saturated carbocycles. The number of benzene rings is 1. The number of nitrogens with zero attached hydrogens (tertiary/aromatic N) is 1. The number of halogens is 1. The number of carbonyl (C=O) groups is 3. The molecular formula is C17H16FNO4. The van der Waals surface area contributed by atoms with Crippen LogP contribution in [-0.2, 0) is 9.59 Å². The van der Waals surface area contributed by atoms with E-state index in [4.69, 9.17) is 4.74 Å². The average Bonchev–Trinajstić information content (AvgIpc) is 2.80. The van der Waals surface area contributed by atoms with Crippen molar-refractivity contribution < 1.29 is 23.5 Å². The van der Waals surface area contributed by atoms with Crippen molar-refractivity contribution >= 4 is 17.6 Å². The first kappa shape index (κ1) is 15.4. The lowest BCUT2D eigenvalue weighted by atomic mass is 9.85. The van der Waals surface area contributed by atoms with Crippen LogP contribution in [0, 0.1) is 17.7 Å². The summed E-state index contributed by atoms with van der Waals surface area (Å²) in [5, 5.41) is 0. The van der Waals surface area contributed by atoms with E-state index in [0.29, 0.717) is 12.8 Å². The van der Waals surface area contributed by atoms with Gasteiger partial charge in [0.25, 0.3) is 0 Å². The van der Waals surface area contributed by atoms with Gasteiger partial charge in [-0.25, -0.2) is 4.39 Å². The Hall–Kier alpha value is -2.50. The van der Waals surface area contributed by atoms with Crippen molar-refractivity contribution in [3.8, 4) is 5.75 Å². The molecule has 0 bridgehead atoms. The number of carbonyl (C=O) groups excluding carboxylic acids is 3. The zero-order valence-corrected chi connectivity index (χ0v) is 12.6. The molecule has 5 nitrogen and oxygen atoms in total. The van der Waals surface area contributed by atoms with E-state index in [1.807, 2.05) is 12.2 Å². The number of methoxy groups -OCH3 is 1. The summed E-state index contributed by atoms with van der Waals surface area (Å²) in [6, 6.07) is 3.82. The molecule has 1 heterocycles. The van der Waals surface area contributed by atoms with Gasteiger partial charge in [-0.05, 0) is 31.0 Å². The molecule has 1 fully saturated rings. The number of hydrogen-bond acceptors (Lipinski definition) is 4. The van der Waals surface area contributed by atoms with Gasteiger partial charge in [0.05, 0.1) is 25.5 Å². The van der Waals surface area contributed by atoms with Gasteiger partial charge in [-0.1, -0.05) is 12.2 Å². The largest absolute Gasteiger partial charge is 0.494 e. The van der Waals surface area contributed by atoms with Gasteiger partial charge in [0.15, 0.2) is 17.3 Å². The third kappa shape index (κ3) is 2.65. The molecule has 2 amide bonds. The predicted octanol–water partition coefficient (Wildman–Crippen LogP) is 1.97. The van der Waals surface area contributed by atoms with Gasteiger partial charge < -0.3 is 4.74 Å². The predicted molar refractivity (Wildman–Crippen MR) is 79.4 cm³/mol. The monoisotopic (exact) mass is 317 g/mol. The molecule has 0 spiro atoms. The van der Waals surface area contributed by atoms with Crippen molar-refractivity contribution in [3.63, 3.8) is 0 Å². The summed E-state index contributed by atoms with van der Waals surface area (Å²) >= 11 is 0. The van der Waals surface area contributed by atoms with E-state index in [-0.39, 0.29) is 41.5 Å². The highest BCUT2D eigenvalue weighted by atomic mass is 19.1. The first-order valence-corrected chi connectivity index (χ1v) is 7.40. The third-order valence-corrected chi connectivity index (χ3v) is 4.37. The van der Waals surface area contributed by atoms with Crippen LogP contribution >= 0.6 is 0 Å². The SMILES string of the molecule is COc1ccc(C(=O)CN2C(=O)[C@@H]3CC=CC[C@H]3C2=O)cc1F. The number of fused-ring (bicyclic) bond motifs is 1. The molecule has 1 aliphatic heterocycles. The van der Waals surface area contributed by atoms with Crippen LogP contribution < -0.4 is 4.74 Å². The molecule has 23 heavy (non-hydrogen) atoms. The summed E-state index contributed by atoms with van der Waals surface area (Å²) in [4.78, 5) is 37.9. The van der Waals surface area contributed by atoms with Crippen molar-refractivity contribution in [2.75, 3.05) is 13.7 Å². The molecular weight excluding hydrogens is 301 g/mol. The van der Waals surface area contributed by atoms with Crippen LogP contribution in [0.2, 0.25) is 0 Å². The number of amides is 2. The average molecular weight is 317 g/mol. The fourth-order valence-corrected chi connectivity index (χ4v) is 3.10. The van der Waals surface area contributed by atoms with Gasteiger partial charge in [-0.2, -0.15) is 0 Å². The Balaban J connectivity index is 1.77. The summed E-state index contributed by atoms with van der Waals surface area (Å²) in [5.41, 5.74) is 0.108. The Labute approximate surface area is 132 Å². The molecule has 0 unspecified atom stereocenters. The highest BCUT2D eigenvalue weighted by molar-refractivity contribution is 6.10. The van der Waals surface area contributed by atoms with Gasteiger partial charge in [0, 0.05) is 5.56 Å². The molecule has 6 heteroatoms. The Kier molecular flexibility index (Phi) is 3.98. The quantitative estimate of drug-likeness (QED) is 0.484. The molecule has 1 saturated heterocycles. The standard InChI is InChI=1S/C17H16FNO4/c1-23-15-7-6-10(8-13(15)18)14(20)9-19-16(21)11-4-2-3-5-12(11)17(19)22/h2-3,6-8,11-12H,4-5,9H2,1H3/t11-,12-/m1/s1. The zero-order chi connectivity index (χ0) is 16.6. The van der Waals surface area contributed by atoms with Crippen molar-refractivity contribution in [2.24, 2.45) is 11.8 Å². The van der Waals surface area contributed by atoms with Crippen LogP contribution in [-0.4, -0.2) is 36.2 Å². The minimum Gasteiger partial charge on any atom is -0.494 e. The molecule has 120 valence electrons. The third-order valence-electron chi connectivity index (χ3n) is 4.37. The number of hydrogen-bond donors (Lipinski definition) is 0. The number of imide groups is 1. The van der Waals surface area contributed by atoms with Gasteiger partial charge in [0.2, 0.25) is 11.8 Å². The Morgan fingerprint density at radius 2 is 1.83 bits per heavy atom. The van der Waals surface area contributed by atoms with E-state index in [1.54, 1.807) is 0 Å². The fraction of sp³-hybridized carbons (Fsp3) is 0.353. The van der Waals surface area contributed by atoms with Crippen molar-refractivity contribution in [1.82, 2.24) is 4.90 Å². The van der Waals surface area contributed by atoms with Gasteiger partial charge in [0.1, 0.15) is 0 Å². The number of allylic oxidation sites excluding steroid dienone is 2. The van der Waals surface area contributed by atoms with E-state index in [1.165, 1.54) is 19.2 Å². The van der Waals surface area contributed by atoms with E-state index >= 15 is 0 Å². The number of Topliss-reactive ketones (excluding diaryl/α,β-unsaturated/α-hetero) is 1. The fourth-order valence-electron chi connectivity index (χ4n) is 3.10. The number of rotatable bonds is 4. The zero-order valence-electron chi connectivity index (χ0n) is 12.6. The van der Waals surface area contributed by atoms with E-state index in [9.17, 15) is 18.8 Å². The van der Waals surface area contributed by atoms with Crippen LogP contribution in [0.5, 0.6) is 5.75 Å². The van der Waals surface area contributed by atoms with Crippen molar-refractivity contribution in [1.29, 1.82) is 0 Å². The van der Waals surface area contributed by atoms with Crippen molar-refractivity contribution in [3.05, 3.63) is 41.7 Å². The van der Waals surface area contributed by atoms with E-state index in [0.717, 1.165) is 11.0 Å². The second-order valence-corrected chi connectivity index (χ2v) is 5.69. The lowest BCUT2D eigenvalue weighted by molar-refractivity contribution is -0.139. The highest BCUT2D eigenvalue weighted by Crippen LogP contribution is 2.35. The second kappa shape index (κ2) is 5.95. The molecule has 1 aromatic rings. The normalized spacial score (nSPS) is 23.1. The maximum Gasteiger partial charge on any atom is 0.233 e. The van der Waals surface area contributed by atoms with Crippen LogP contribution in [0.4, 0.5) is 4.39 Å². The summed E-state index contributed by atoms with van der Waals surface area (Å²) < 4.78 is 18.5. The smallest absolute Gasteiger partial charge is 0.233 e. The maximum absolute atomic E-state index is 13.7. The van der Waals surface area contributed by atoms with Crippen LogP contribution in [0.3, 0.4) is 0 Å². The summed E-state index contributed by atoms with van der Waals surface area (Å²) in [7, 11) is 1.33. The lowest BCUT2D eigenvalue weighted by Crippen LogP contribution is -2.36. The topological polar surface area (TPSA) is 63.7 Å². The molecule has 1 aliphatic carbocycles. The molecule has 0 radical (unpaired) electrons. The van der Waals surface area contributed by atoms with E-state index in [2.05, 4.69) is 0 Å². The number of ketones is 1. The molecule has 2 aliphatic rings. The Bertz CT molecular complexity index is 687. The maximum atomic E-state index is 13.7.